The van der Waals surface area contributed by atoms with E-state index in [2.05, 4.69) is 11.9 Å². The van der Waals surface area contributed by atoms with Gasteiger partial charge in [-0.25, -0.2) is 0 Å². The van der Waals surface area contributed by atoms with Crippen molar-refractivity contribution >= 4 is 17.4 Å². The number of phenols is 2. The molecule has 0 saturated heterocycles. The first-order valence-corrected chi connectivity index (χ1v) is 8.68. The zero-order chi connectivity index (χ0) is 17.9. The van der Waals surface area contributed by atoms with E-state index >= 15 is 0 Å². The standard InChI is InChI=1S/C19H24ClNO3/c1-4-5-6-7-8-13-10-14(20)18(23)15(17(13)22)19(24)16-11(2)9-12(3)21-16/h9-10,21-23H,4-8H2,1-3H3. The number of ketones is 1. The lowest BCUT2D eigenvalue weighted by atomic mass is 9.97. The molecule has 0 aliphatic carbocycles. The molecule has 0 amide bonds. The molecule has 1 aromatic carbocycles. The zero-order valence-electron chi connectivity index (χ0n) is 14.4. The van der Waals surface area contributed by atoms with Crippen LogP contribution in [0.15, 0.2) is 12.1 Å². The number of rotatable bonds is 7. The number of aryl methyl sites for hydroxylation is 3. The fourth-order valence-electron chi connectivity index (χ4n) is 2.92. The van der Waals surface area contributed by atoms with Crippen molar-refractivity contribution in [3.8, 4) is 11.5 Å². The maximum absolute atomic E-state index is 12.8. The van der Waals surface area contributed by atoms with Crippen LogP contribution in [0.2, 0.25) is 5.02 Å². The SMILES string of the molecule is CCCCCCc1cc(Cl)c(O)c(C(=O)c2[nH]c(C)cc2C)c1O. The van der Waals surface area contributed by atoms with Crippen molar-refractivity contribution in [3.63, 3.8) is 0 Å². The summed E-state index contributed by atoms with van der Waals surface area (Å²) >= 11 is 6.08. The fraction of sp³-hybridized carbons (Fsp3) is 0.421. The van der Waals surface area contributed by atoms with Crippen LogP contribution in [-0.4, -0.2) is 21.0 Å². The highest BCUT2D eigenvalue weighted by Gasteiger charge is 2.25. The number of hydrogen-bond acceptors (Lipinski definition) is 3. The lowest BCUT2D eigenvalue weighted by Gasteiger charge is -2.13. The van der Waals surface area contributed by atoms with E-state index in [0.717, 1.165) is 36.9 Å². The van der Waals surface area contributed by atoms with E-state index in [9.17, 15) is 15.0 Å². The van der Waals surface area contributed by atoms with Gasteiger partial charge in [-0.15, -0.1) is 0 Å². The number of carbonyl (C=O) groups excluding carboxylic acids is 1. The number of aromatic amines is 1. The summed E-state index contributed by atoms with van der Waals surface area (Å²) in [5.74, 6) is -0.999. The van der Waals surface area contributed by atoms with Crippen LogP contribution < -0.4 is 0 Å². The average molecular weight is 350 g/mol. The predicted octanol–water partition coefficient (Wildman–Crippen LogP) is 5.05. The van der Waals surface area contributed by atoms with Gasteiger partial charge in [-0.1, -0.05) is 37.8 Å². The van der Waals surface area contributed by atoms with Crippen molar-refractivity contribution in [3.05, 3.63) is 45.2 Å². The van der Waals surface area contributed by atoms with Gasteiger partial charge < -0.3 is 15.2 Å². The Morgan fingerprint density at radius 2 is 1.83 bits per heavy atom. The summed E-state index contributed by atoms with van der Waals surface area (Å²) < 4.78 is 0. The molecule has 0 atom stereocenters. The molecular weight excluding hydrogens is 326 g/mol. The minimum atomic E-state index is -0.451. The highest BCUT2D eigenvalue weighted by atomic mass is 35.5. The quantitative estimate of drug-likeness (QED) is 0.483. The van der Waals surface area contributed by atoms with Crippen LogP contribution in [0.5, 0.6) is 11.5 Å². The van der Waals surface area contributed by atoms with Crippen molar-refractivity contribution in [2.24, 2.45) is 0 Å². The third kappa shape index (κ3) is 3.75. The summed E-state index contributed by atoms with van der Waals surface area (Å²) in [4.78, 5) is 15.8. The molecule has 0 fully saturated rings. The number of phenolic OH excluding ortho intramolecular Hbond substituents is 2. The van der Waals surface area contributed by atoms with Gasteiger partial charge >= 0.3 is 0 Å². The van der Waals surface area contributed by atoms with E-state index < -0.39 is 5.78 Å². The minimum Gasteiger partial charge on any atom is -0.507 e. The number of nitrogens with one attached hydrogen (secondary N) is 1. The lowest BCUT2D eigenvalue weighted by molar-refractivity contribution is 0.102. The second kappa shape index (κ2) is 7.75. The van der Waals surface area contributed by atoms with E-state index in [0.29, 0.717) is 17.7 Å². The smallest absolute Gasteiger partial charge is 0.216 e. The summed E-state index contributed by atoms with van der Waals surface area (Å²) in [6, 6.07) is 3.39. The second-order valence-electron chi connectivity index (χ2n) is 6.24. The third-order valence-corrected chi connectivity index (χ3v) is 4.50. The number of aromatic hydroxyl groups is 2. The van der Waals surface area contributed by atoms with Crippen LogP contribution in [0.4, 0.5) is 0 Å². The molecule has 0 saturated carbocycles. The molecule has 2 rings (SSSR count). The van der Waals surface area contributed by atoms with Gasteiger partial charge in [0, 0.05) is 5.69 Å². The fourth-order valence-corrected chi connectivity index (χ4v) is 3.15. The molecular formula is C19H24ClNO3. The van der Waals surface area contributed by atoms with E-state index in [1.165, 1.54) is 0 Å². The van der Waals surface area contributed by atoms with Crippen LogP contribution in [0.3, 0.4) is 0 Å². The Kier molecular flexibility index (Phi) is 5.94. The molecule has 130 valence electrons. The van der Waals surface area contributed by atoms with E-state index in [1.807, 2.05) is 13.0 Å². The molecule has 5 heteroatoms. The van der Waals surface area contributed by atoms with Crippen LogP contribution in [-0.2, 0) is 6.42 Å². The van der Waals surface area contributed by atoms with Crippen molar-refractivity contribution in [1.82, 2.24) is 4.98 Å². The highest BCUT2D eigenvalue weighted by Crippen LogP contribution is 2.39. The molecule has 2 aromatic rings. The Labute approximate surface area is 147 Å². The number of unbranched alkanes of at least 4 members (excludes halogenated alkanes) is 3. The first-order chi connectivity index (χ1) is 11.4. The van der Waals surface area contributed by atoms with Gasteiger partial charge in [0.1, 0.15) is 17.1 Å². The van der Waals surface area contributed by atoms with Crippen LogP contribution in [0.25, 0.3) is 0 Å². The monoisotopic (exact) mass is 349 g/mol. The topological polar surface area (TPSA) is 73.3 Å². The van der Waals surface area contributed by atoms with Gasteiger partial charge in [0.2, 0.25) is 5.78 Å². The van der Waals surface area contributed by atoms with Gasteiger partial charge in [0.15, 0.2) is 0 Å². The molecule has 0 radical (unpaired) electrons. The lowest BCUT2D eigenvalue weighted by Crippen LogP contribution is -2.06. The number of hydrogen-bond donors (Lipinski definition) is 3. The molecule has 24 heavy (non-hydrogen) atoms. The molecule has 0 aliphatic heterocycles. The van der Waals surface area contributed by atoms with Crippen molar-refractivity contribution in [2.75, 3.05) is 0 Å². The number of aromatic nitrogens is 1. The molecule has 0 unspecified atom stereocenters. The Morgan fingerprint density at radius 1 is 1.12 bits per heavy atom. The van der Waals surface area contributed by atoms with E-state index in [-0.39, 0.29) is 22.1 Å². The number of benzene rings is 1. The number of H-pyrrole nitrogens is 1. The van der Waals surface area contributed by atoms with Crippen molar-refractivity contribution in [2.45, 2.75) is 52.9 Å². The number of halogens is 1. The van der Waals surface area contributed by atoms with Gasteiger partial charge in [0.05, 0.1) is 10.7 Å². The maximum Gasteiger partial charge on any atom is 0.216 e. The van der Waals surface area contributed by atoms with Crippen LogP contribution >= 0.6 is 11.6 Å². The molecule has 1 heterocycles. The maximum atomic E-state index is 12.8. The van der Waals surface area contributed by atoms with Crippen molar-refractivity contribution < 1.29 is 15.0 Å². The van der Waals surface area contributed by atoms with Gasteiger partial charge in [-0.3, -0.25) is 4.79 Å². The first kappa shape index (κ1) is 18.4. The largest absolute Gasteiger partial charge is 0.507 e. The molecule has 4 nitrogen and oxygen atoms in total. The first-order valence-electron chi connectivity index (χ1n) is 8.31. The Hall–Kier alpha value is -1.94. The van der Waals surface area contributed by atoms with Crippen molar-refractivity contribution in [1.29, 1.82) is 0 Å². The molecule has 0 spiro atoms. The van der Waals surface area contributed by atoms with Gasteiger partial charge in [-0.05, 0) is 49.9 Å². The van der Waals surface area contributed by atoms with Crippen LogP contribution in [0, 0.1) is 13.8 Å². The Balaban J connectivity index is 2.40. The normalized spacial score (nSPS) is 11.0. The van der Waals surface area contributed by atoms with E-state index in [1.54, 1.807) is 13.0 Å². The minimum absolute atomic E-state index is 0.0857. The van der Waals surface area contributed by atoms with Gasteiger partial charge in [0.25, 0.3) is 0 Å². The molecule has 0 bridgehead atoms. The molecule has 3 N–H and O–H groups in total. The van der Waals surface area contributed by atoms with E-state index in [4.69, 9.17) is 11.6 Å². The van der Waals surface area contributed by atoms with Gasteiger partial charge in [-0.2, -0.15) is 0 Å². The molecule has 1 aromatic heterocycles. The summed E-state index contributed by atoms with van der Waals surface area (Å²) in [6.45, 7) is 5.79. The zero-order valence-corrected chi connectivity index (χ0v) is 15.1. The van der Waals surface area contributed by atoms with Crippen LogP contribution in [0.1, 0.15) is 65.5 Å². The third-order valence-electron chi connectivity index (χ3n) is 4.21. The molecule has 0 aliphatic rings. The average Bonchev–Trinajstić information content (AvgIpc) is 2.87. The Morgan fingerprint density at radius 3 is 2.42 bits per heavy atom. The summed E-state index contributed by atoms with van der Waals surface area (Å²) in [6.07, 6.45) is 4.81. The highest BCUT2D eigenvalue weighted by molar-refractivity contribution is 6.33. The second-order valence-corrected chi connectivity index (χ2v) is 6.65. The predicted molar refractivity (Wildman–Crippen MR) is 96.3 cm³/mol. The Bertz CT molecular complexity index is 750. The summed E-state index contributed by atoms with van der Waals surface area (Å²) in [5.41, 5.74) is 2.44. The number of carbonyl (C=O) groups is 1. The summed E-state index contributed by atoms with van der Waals surface area (Å²) in [5, 5.41) is 20.8. The summed E-state index contributed by atoms with van der Waals surface area (Å²) in [7, 11) is 0.